The molecule has 2 aromatic heterocycles. The lowest BCUT2D eigenvalue weighted by atomic mass is 10.1. The van der Waals surface area contributed by atoms with Crippen LogP contribution < -0.4 is 0 Å². The fourth-order valence-corrected chi connectivity index (χ4v) is 3.47. The first-order chi connectivity index (χ1) is 11.8. The van der Waals surface area contributed by atoms with Crippen molar-refractivity contribution in [3.05, 3.63) is 60.1 Å². The summed E-state index contributed by atoms with van der Waals surface area (Å²) >= 11 is 0. The van der Waals surface area contributed by atoms with Crippen molar-refractivity contribution in [1.82, 2.24) is 14.6 Å². The molecule has 2 aromatic rings. The van der Waals surface area contributed by atoms with Crippen LogP contribution in [0.5, 0.6) is 0 Å². The molecular weight excluding hydrogens is 326 g/mol. The monoisotopic (exact) mass is 353 g/mol. The van der Waals surface area contributed by atoms with Gasteiger partial charge >= 0.3 is 0 Å². The Morgan fingerprint density at radius 3 is 2.72 bits per heavy atom. The van der Waals surface area contributed by atoms with Gasteiger partial charge in [0.15, 0.2) is 19.8 Å². The van der Waals surface area contributed by atoms with Gasteiger partial charge in [0, 0.05) is 17.3 Å². The molecule has 0 N–H and O–H groups in total. The van der Waals surface area contributed by atoms with Gasteiger partial charge in [-0.15, -0.1) is 10.2 Å². The summed E-state index contributed by atoms with van der Waals surface area (Å²) in [5.41, 5.74) is 3.14. The van der Waals surface area contributed by atoms with Crippen molar-refractivity contribution in [2.24, 2.45) is 0 Å². The molecule has 0 unspecified atom stereocenters. The smallest absolute Gasteiger partial charge is 0.192 e. The van der Waals surface area contributed by atoms with Crippen LogP contribution in [0.15, 0.2) is 48.7 Å². The first kappa shape index (κ1) is 17.8. The van der Waals surface area contributed by atoms with Gasteiger partial charge in [-0.2, -0.15) is 0 Å². The van der Waals surface area contributed by atoms with E-state index in [9.17, 15) is 0 Å². The van der Waals surface area contributed by atoms with Crippen LogP contribution in [0.1, 0.15) is 38.6 Å². The predicted octanol–water partition coefficient (Wildman–Crippen LogP) is 5.15. The van der Waals surface area contributed by atoms with Crippen LogP contribution in [-0.4, -0.2) is 22.9 Å². The molecule has 0 aliphatic heterocycles. The quantitative estimate of drug-likeness (QED) is 0.714. The maximum absolute atomic E-state index is 6.38. The molecule has 1 aliphatic carbocycles. The highest BCUT2D eigenvalue weighted by molar-refractivity contribution is 6.74. The second-order valence-corrected chi connectivity index (χ2v) is 12.8. The summed E-state index contributed by atoms with van der Waals surface area (Å²) in [6.45, 7) is 11.9. The molecule has 1 aliphatic rings. The van der Waals surface area contributed by atoms with E-state index in [1.54, 1.807) is 0 Å². The standard InChI is InChI=1S/C20H27N3OSi/c1-20(2,3)25(4,5)24-15-17-13-10-14-23-18(21-22-19(17)23)16-11-8-6-7-9-12-16/h6-11,13-14H,12,15H2,1-5H3. The van der Waals surface area contributed by atoms with E-state index in [0.29, 0.717) is 6.61 Å². The molecule has 0 saturated carbocycles. The van der Waals surface area contributed by atoms with Gasteiger partial charge in [0.05, 0.1) is 6.61 Å². The Kier molecular flexibility index (Phi) is 4.80. The Hall–Kier alpha value is -1.98. The number of hydrogen-bond donors (Lipinski definition) is 0. The zero-order chi connectivity index (χ0) is 18.1. The third-order valence-corrected chi connectivity index (χ3v) is 9.67. The summed E-state index contributed by atoms with van der Waals surface area (Å²) in [5, 5.41) is 9.09. The van der Waals surface area contributed by atoms with Crippen LogP contribution in [0, 0.1) is 0 Å². The van der Waals surface area contributed by atoms with E-state index in [1.807, 2.05) is 24.4 Å². The Bertz CT molecular complexity index is 853. The van der Waals surface area contributed by atoms with Crippen LogP contribution in [0.3, 0.4) is 0 Å². The van der Waals surface area contributed by atoms with Crippen molar-refractivity contribution in [1.29, 1.82) is 0 Å². The molecule has 0 bridgehead atoms. The molecule has 5 heteroatoms. The second kappa shape index (κ2) is 6.73. The normalized spacial score (nSPS) is 15.5. The largest absolute Gasteiger partial charge is 0.412 e. The number of fused-ring (bicyclic) bond motifs is 1. The predicted molar refractivity (Wildman–Crippen MR) is 106 cm³/mol. The average Bonchev–Trinajstić information content (AvgIpc) is 2.79. The van der Waals surface area contributed by atoms with E-state index in [1.165, 1.54) is 5.57 Å². The summed E-state index contributed by atoms with van der Waals surface area (Å²) in [4.78, 5) is 0. The van der Waals surface area contributed by atoms with Crippen molar-refractivity contribution in [2.45, 2.75) is 51.9 Å². The fraction of sp³-hybridized carbons (Fsp3) is 0.400. The zero-order valence-corrected chi connectivity index (χ0v) is 16.8. The first-order valence-electron chi connectivity index (χ1n) is 8.79. The van der Waals surface area contributed by atoms with Crippen molar-refractivity contribution in [3.8, 4) is 0 Å². The minimum atomic E-state index is -1.79. The molecular formula is C20H27N3OSi. The number of pyridine rings is 1. The maximum atomic E-state index is 6.38. The SMILES string of the molecule is CC(C)(C)[Si](C)(C)OCc1cccn2c(C3=CC=CC=CC3)nnc12. The molecule has 132 valence electrons. The first-order valence-corrected chi connectivity index (χ1v) is 11.7. The van der Waals surface area contributed by atoms with Gasteiger partial charge in [-0.05, 0) is 30.6 Å². The van der Waals surface area contributed by atoms with Crippen molar-refractivity contribution in [2.75, 3.05) is 0 Å². The number of nitrogens with zero attached hydrogens (tertiary/aromatic N) is 3. The van der Waals surface area contributed by atoms with Crippen LogP contribution in [0.25, 0.3) is 11.2 Å². The van der Waals surface area contributed by atoms with Gasteiger partial charge < -0.3 is 4.43 Å². The van der Waals surface area contributed by atoms with E-state index >= 15 is 0 Å². The van der Waals surface area contributed by atoms with E-state index in [-0.39, 0.29) is 5.04 Å². The molecule has 0 fully saturated rings. The lowest BCUT2D eigenvalue weighted by molar-refractivity contribution is 0.277. The fourth-order valence-electron chi connectivity index (χ4n) is 2.52. The van der Waals surface area contributed by atoms with Gasteiger partial charge in [-0.25, -0.2) is 0 Å². The highest BCUT2D eigenvalue weighted by Crippen LogP contribution is 2.37. The van der Waals surface area contributed by atoms with E-state index < -0.39 is 8.32 Å². The van der Waals surface area contributed by atoms with Crippen molar-refractivity contribution in [3.63, 3.8) is 0 Å². The lowest BCUT2D eigenvalue weighted by Gasteiger charge is -2.36. The number of hydrogen-bond acceptors (Lipinski definition) is 3. The zero-order valence-electron chi connectivity index (χ0n) is 15.8. The number of allylic oxidation sites excluding steroid dienone is 6. The topological polar surface area (TPSA) is 39.4 Å². The molecule has 0 aromatic carbocycles. The van der Waals surface area contributed by atoms with E-state index in [2.05, 4.69) is 72.8 Å². The Morgan fingerprint density at radius 1 is 1.16 bits per heavy atom. The lowest BCUT2D eigenvalue weighted by Crippen LogP contribution is -2.40. The molecule has 0 saturated heterocycles. The summed E-state index contributed by atoms with van der Waals surface area (Å²) in [6.07, 6.45) is 13.3. The maximum Gasteiger partial charge on any atom is 0.192 e. The van der Waals surface area contributed by atoms with Crippen molar-refractivity contribution < 1.29 is 4.43 Å². The summed E-state index contributed by atoms with van der Waals surface area (Å²) in [5.74, 6) is 0.903. The van der Waals surface area contributed by atoms with Crippen LogP contribution in [0.2, 0.25) is 18.1 Å². The average molecular weight is 354 g/mol. The van der Waals surface area contributed by atoms with E-state index in [4.69, 9.17) is 4.43 Å². The molecule has 3 rings (SSSR count). The van der Waals surface area contributed by atoms with Crippen LogP contribution in [-0.2, 0) is 11.0 Å². The molecule has 25 heavy (non-hydrogen) atoms. The molecule has 0 radical (unpaired) electrons. The number of aromatic nitrogens is 3. The Morgan fingerprint density at radius 2 is 1.96 bits per heavy atom. The highest BCUT2D eigenvalue weighted by Gasteiger charge is 2.37. The van der Waals surface area contributed by atoms with Gasteiger partial charge in [0.2, 0.25) is 0 Å². The van der Waals surface area contributed by atoms with Crippen LogP contribution >= 0.6 is 0 Å². The molecule has 4 nitrogen and oxygen atoms in total. The Balaban J connectivity index is 1.90. The highest BCUT2D eigenvalue weighted by atomic mass is 28.4. The summed E-state index contributed by atoms with van der Waals surface area (Å²) in [7, 11) is -1.79. The van der Waals surface area contributed by atoms with Gasteiger partial charge in [-0.3, -0.25) is 4.40 Å². The van der Waals surface area contributed by atoms with Gasteiger partial charge in [-0.1, -0.05) is 57.2 Å². The van der Waals surface area contributed by atoms with Crippen molar-refractivity contribution >= 4 is 19.5 Å². The summed E-state index contributed by atoms with van der Waals surface area (Å²) in [6, 6.07) is 4.13. The molecule has 0 atom stereocenters. The minimum absolute atomic E-state index is 0.195. The third-order valence-electron chi connectivity index (χ3n) is 5.19. The number of rotatable bonds is 4. The van der Waals surface area contributed by atoms with Gasteiger partial charge in [0.1, 0.15) is 0 Å². The molecule has 0 amide bonds. The van der Waals surface area contributed by atoms with Gasteiger partial charge in [0.25, 0.3) is 0 Å². The van der Waals surface area contributed by atoms with Crippen LogP contribution in [0.4, 0.5) is 0 Å². The molecule has 0 spiro atoms. The summed E-state index contributed by atoms with van der Waals surface area (Å²) < 4.78 is 8.46. The Labute approximate surface area is 151 Å². The second-order valence-electron chi connectivity index (χ2n) is 8.01. The van der Waals surface area contributed by atoms with E-state index in [0.717, 1.165) is 23.5 Å². The third kappa shape index (κ3) is 3.67. The molecule has 2 heterocycles. The minimum Gasteiger partial charge on any atom is -0.412 e.